The summed E-state index contributed by atoms with van der Waals surface area (Å²) in [6.45, 7) is 2.81. The highest BCUT2D eigenvalue weighted by Gasteiger charge is 2.37. The van der Waals surface area contributed by atoms with Gasteiger partial charge in [0.2, 0.25) is 5.91 Å². The number of hydrogen-bond donors (Lipinski definition) is 2. The van der Waals surface area contributed by atoms with Crippen LogP contribution >= 0.6 is 0 Å². The minimum absolute atomic E-state index is 0.0659. The van der Waals surface area contributed by atoms with Gasteiger partial charge >= 0.3 is 17.9 Å². The molecule has 52 heavy (non-hydrogen) atoms. The standard InChI is InChI=1S/C32H33F3N8O3.C6H6/c1-20-28(27-12-13-38-42(27)25-10-8-21(19-36)9-11-25)41(31(46)40(20)26-7-5-6-23(18-26)32(33,34)35)30(45)39-24-16-22(17-24)29(44)37-14-15-43(2,3)4;1-2-4-6-5-3-1/h5-13,18,22,24H,14-17H2,1-4H3,(H-,37,39,44,45);1-6H/p+1/t22-,24+;. The maximum atomic E-state index is 14.0. The molecule has 14 heteroatoms. The summed E-state index contributed by atoms with van der Waals surface area (Å²) in [6, 6.07) is 25.2. The van der Waals surface area contributed by atoms with E-state index in [-0.39, 0.29) is 34.9 Å². The van der Waals surface area contributed by atoms with E-state index in [9.17, 15) is 32.8 Å². The van der Waals surface area contributed by atoms with Crippen LogP contribution < -0.4 is 16.3 Å². The fraction of sp³-hybridized carbons (Fsp3) is 0.289. The largest absolute Gasteiger partial charge is 0.416 e. The first-order valence-electron chi connectivity index (χ1n) is 16.6. The van der Waals surface area contributed by atoms with Crippen LogP contribution in [0, 0.1) is 24.2 Å². The molecule has 0 unspecified atom stereocenters. The van der Waals surface area contributed by atoms with Crippen LogP contribution in [-0.2, 0) is 11.0 Å². The number of imidazole rings is 1. The lowest BCUT2D eigenvalue weighted by atomic mass is 9.79. The number of benzene rings is 3. The van der Waals surface area contributed by atoms with Gasteiger partial charge < -0.3 is 15.1 Å². The molecule has 11 nitrogen and oxygen atoms in total. The van der Waals surface area contributed by atoms with E-state index in [2.05, 4.69) is 15.7 Å². The number of nitrogens with zero attached hydrogens (tertiary/aromatic N) is 6. The second-order valence-corrected chi connectivity index (χ2v) is 13.5. The Morgan fingerprint density at radius 3 is 2.15 bits per heavy atom. The number of carbonyl (C=O) groups is 2. The molecule has 270 valence electrons. The molecule has 0 saturated heterocycles. The van der Waals surface area contributed by atoms with Crippen molar-refractivity contribution in [2.24, 2.45) is 5.92 Å². The molecule has 0 radical (unpaired) electrons. The van der Waals surface area contributed by atoms with Crippen molar-refractivity contribution >= 4 is 11.9 Å². The fourth-order valence-electron chi connectivity index (χ4n) is 5.82. The van der Waals surface area contributed by atoms with Gasteiger partial charge in [-0.15, -0.1) is 0 Å². The van der Waals surface area contributed by atoms with Crippen molar-refractivity contribution in [3.63, 3.8) is 0 Å². The third-order valence-electron chi connectivity index (χ3n) is 8.63. The zero-order valence-electron chi connectivity index (χ0n) is 29.3. The van der Waals surface area contributed by atoms with Gasteiger partial charge in [0.1, 0.15) is 5.69 Å². The van der Waals surface area contributed by atoms with Crippen LogP contribution in [0.5, 0.6) is 0 Å². The fourth-order valence-corrected chi connectivity index (χ4v) is 5.82. The van der Waals surface area contributed by atoms with Crippen LogP contribution in [0.3, 0.4) is 0 Å². The van der Waals surface area contributed by atoms with Gasteiger partial charge in [-0.05, 0) is 68.3 Å². The lowest BCUT2D eigenvalue weighted by Gasteiger charge is -2.35. The molecule has 0 bridgehead atoms. The third kappa shape index (κ3) is 8.67. The summed E-state index contributed by atoms with van der Waals surface area (Å²) in [5.74, 6) is -0.391. The zero-order chi connectivity index (χ0) is 37.6. The minimum Gasteiger partial charge on any atom is -0.350 e. The summed E-state index contributed by atoms with van der Waals surface area (Å²) in [7, 11) is 6.07. The Morgan fingerprint density at radius 1 is 0.942 bits per heavy atom. The number of quaternary nitrogens is 1. The predicted octanol–water partition coefficient (Wildman–Crippen LogP) is 5.54. The van der Waals surface area contributed by atoms with Crippen LogP contribution in [0.25, 0.3) is 22.8 Å². The second-order valence-electron chi connectivity index (χ2n) is 13.5. The van der Waals surface area contributed by atoms with Gasteiger partial charge in [-0.3, -0.25) is 9.36 Å². The van der Waals surface area contributed by atoms with E-state index < -0.39 is 23.5 Å². The maximum Gasteiger partial charge on any atom is 0.416 e. The van der Waals surface area contributed by atoms with Gasteiger partial charge in [0.25, 0.3) is 0 Å². The molecule has 3 aromatic carbocycles. The first-order chi connectivity index (χ1) is 24.7. The number of likely N-dealkylation sites (N-methyl/N-ethyl adjacent to an activating group) is 1. The molecule has 1 aliphatic rings. The van der Waals surface area contributed by atoms with E-state index in [0.29, 0.717) is 40.8 Å². The maximum absolute atomic E-state index is 14.0. The Morgan fingerprint density at radius 2 is 1.58 bits per heavy atom. The van der Waals surface area contributed by atoms with Crippen molar-refractivity contribution in [3.8, 4) is 28.8 Å². The Labute approximate surface area is 299 Å². The van der Waals surface area contributed by atoms with E-state index in [0.717, 1.165) is 27.8 Å². The molecule has 5 aromatic rings. The van der Waals surface area contributed by atoms with Crippen molar-refractivity contribution in [3.05, 3.63) is 124 Å². The molecule has 0 aliphatic heterocycles. The average molecular weight is 714 g/mol. The van der Waals surface area contributed by atoms with Crippen molar-refractivity contribution in [1.29, 1.82) is 5.26 Å². The van der Waals surface area contributed by atoms with E-state index in [1.807, 2.05) is 63.6 Å². The highest BCUT2D eigenvalue weighted by atomic mass is 19.4. The zero-order valence-corrected chi connectivity index (χ0v) is 29.3. The third-order valence-corrected chi connectivity index (χ3v) is 8.63. The number of halogens is 3. The van der Waals surface area contributed by atoms with Crippen molar-refractivity contribution in [2.45, 2.75) is 32.0 Å². The minimum atomic E-state index is -4.65. The van der Waals surface area contributed by atoms with E-state index in [1.165, 1.54) is 29.9 Å². The number of amides is 2. The molecule has 2 aromatic heterocycles. The molecular formula is C38H40F3N8O3+. The monoisotopic (exact) mass is 713 g/mol. The number of aromatic nitrogens is 4. The number of carbonyl (C=O) groups excluding carboxylic acids is 2. The number of alkyl halides is 3. The highest BCUT2D eigenvalue weighted by Crippen LogP contribution is 2.33. The molecule has 2 heterocycles. The molecule has 2 amide bonds. The lowest BCUT2D eigenvalue weighted by Crippen LogP contribution is -2.52. The topological polar surface area (TPSA) is 127 Å². The summed E-state index contributed by atoms with van der Waals surface area (Å²) in [5.41, 5.74) is -0.284. The molecule has 1 saturated carbocycles. The summed E-state index contributed by atoms with van der Waals surface area (Å²) in [5, 5.41) is 19.3. The summed E-state index contributed by atoms with van der Waals surface area (Å²) < 4.78 is 44.9. The smallest absolute Gasteiger partial charge is 0.350 e. The van der Waals surface area contributed by atoms with Crippen LogP contribution in [0.2, 0.25) is 0 Å². The van der Waals surface area contributed by atoms with Gasteiger partial charge in [0.15, 0.2) is 0 Å². The normalized spacial score (nSPS) is 15.4. The number of hydrogen-bond acceptors (Lipinski definition) is 5. The van der Waals surface area contributed by atoms with E-state index in [1.54, 1.807) is 30.3 Å². The Hall–Kier alpha value is -5.94. The van der Waals surface area contributed by atoms with Gasteiger partial charge in [0, 0.05) is 12.0 Å². The average Bonchev–Trinajstić information content (AvgIpc) is 3.67. The summed E-state index contributed by atoms with van der Waals surface area (Å²) in [4.78, 5) is 40.3. The second kappa shape index (κ2) is 15.5. The summed E-state index contributed by atoms with van der Waals surface area (Å²) >= 11 is 0. The molecule has 0 atom stereocenters. The molecule has 2 N–H and O–H groups in total. The first kappa shape index (κ1) is 37.3. The molecule has 1 aliphatic carbocycles. The Balaban J connectivity index is 0.000000790. The molecular weight excluding hydrogens is 673 g/mol. The number of rotatable bonds is 8. The molecule has 6 rings (SSSR count). The lowest BCUT2D eigenvalue weighted by molar-refractivity contribution is -0.869. The predicted molar refractivity (Wildman–Crippen MR) is 190 cm³/mol. The molecule has 0 spiro atoms. The SMILES string of the molecule is Cc1c(-c2ccnn2-c2ccc(C#N)cc2)n(C(=O)N[C@H]2C[C@@H](C(=O)NCC[N+](C)(C)C)C2)c(=O)n1-c1cccc(C(F)(F)F)c1.c1ccccc1. The number of nitriles is 1. The Bertz CT molecular complexity index is 2090. The van der Waals surface area contributed by atoms with Gasteiger partial charge in [-0.2, -0.15) is 23.5 Å². The number of nitrogens with one attached hydrogen (secondary N) is 2. The van der Waals surface area contributed by atoms with Crippen molar-refractivity contribution in [2.75, 3.05) is 34.2 Å². The van der Waals surface area contributed by atoms with Crippen LogP contribution in [0.1, 0.15) is 29.7 Å². The van der Waals surface area contributed by atoms with Crippen LogP contribution in [0.4, 0.5) is 18.0 Å². The van der Waals surface area contributed by atoms with Gasteiger partial charge in [0.05, 0.1) is 80.4 Å². The van der Waals surface area contributed by atoms with Gasteiger partial charge in [-0.25, -0.2) is 18.8 Å². The van der Waals surface area contributed by atoms with Gasteiger partial charge in [-0.1, -0.05) is 42.5 Å². The van der Waals surface area contributed by atoms with Crippen LogP contribution in [-0.4, -0.2) is 75.6 Å². The summed E-state index contributed by atoms with van der Waals surface area (Å²) in [6.07, 6.45) is -2.43. The van der Waals surface area contributed by atoms with Crippen molar-refractivity contribution < 1.29 is 27.2 Å². The Kier molecular flexibility index (Phi) is 11.1. The van der Waals surface area contributed by atoms with Crippen LogP contribution in [0.15, 0.2) is 102 Å². The molecule has 1 fully saturated rings. The quantitative estimate of drug-likeness (QED) is 0.205. The highest BCUT2D eigenvalue weighted by molar-refractivity contribution is 5.84. The van der Waals surface area contributed by atoms with Crippen molar-refractivity contribution in [1.82, 2.24) is 29.5 Å². The van der Waals surface area contributed by atoms with E-state index in [4.69, 9.17) is 0 Å². The first-order valence-corrected chi connectivity index (χ1v) is 16.6. The van der Waals surface area contributed by atoms with E-state index >= 15 is 0 Å².